The normalized spacial score (nSPS) is 13.1. The molecule has 0 spiro atoms. The van der Waals surface area contributed by atoms with E-state index in [9.17, 15) is 0 Å². The summed E-state index contributed by atoms with van der Waals surface area (Å²) in [5, 5.41) is 0.0878. The van der Waals surface area contributed by atoms with Gasteiger partial charge in [-0.2, -0.15) is 0 Å². The van der Waals surface area contributed by atoms with Crippen molar-refractivity contribution in [1.82, 2.24) is 4.90 Å². The van der Waals surface area contributed by atoms with E-state index in [1.807, 2.05) is 19.0 Å². The molecule has 0 aromatic rings. The highest BCUT2D eigenvalue weighted by Gasteiger charge is 2.08. The molecule has 0 saturated carbocycles. The summed E-state index contributed by atoms with van der Waals surface area (Å²) in [5.41, 5.74) is 1.07. The van der Waals surface area contributed by atoms with Crippen LogP contribution in [0.15, 0.2) is 12.3 Å². The smallest absolute Gasteiger partial charge is 0.117 e. The lowest BCUT2D eigenvalue weighted by Crippen LogP contribution is -2.16. The molecule has 1 unspecified atom stereocenters. The van der Waals surface area contributed by atoms with E-state index < -0.39 is 0 Å². The Balaban J connectivity index is 3.62. The van der Waals surface area contributed by atoms with Gasteiger partial charge in [0.05, 0.1) is 6.61 Å². The lowest BCUT2D eigenvalue weighted by atomic mass is 10.2. The fourth-order valence-electron chi connectivity index (χ4n) is 0.724. The lowest BCUT2D eigenvalue weighted by Gasteiger charge is -2.19. The first-order valence-corrected chi connectivity index (χ1v) is 5.45. The fourth-order valence-corrected chi connectivity index (χ4v) is 1.25. The van der Waals surface area contributed by atoms with E-state index in [2.05, 4.69) is 36.4 Å². The molecule has 0 saturated heterocycles. The van der Waals surface area contributed by atoms with Crippen LogP contribution in [0.4, 0.5) is 0 Å². The molecule has 0 aromatic carbocycles. The minimum atomic E-state index is 0.0878. The first kappa shape index (κ1) is 13.0. The van der Waals surface area contributed by atoms with Gasteiger partial charge in [0.2, 0.25) is 0 Å². The van der Waals surface area contributed by atoms with Crippen molar-refractivity contribution in [3.63, 3.8) is 0 Å². The Kier molecular flexibility index (Phi) is 6.43. The lowest BCUT2D eigenvalue weighted by molar-refractivity contribution is 0.0912. The molecule has 0 amide bonds. The number of ether oxygens (including phenoxy) is 1. The second kappa shape index (κ2) is 6.44. The standard InChI is InChI=1S/C10H20BrNO/c1-8(2)7-13-10(11)6-9(3)12(4)5/h8,10H,3,6-7H2,1-2,4-5H3. The highest BCUT2D eigenvalue weighted by molar-refractivity contribution is 9.09. The van der Waals surface area contributed by atoms with Gasteiger partial charge < -0.3 is 9.64 Å². The highest BCUT2D eigenvalue weighted by Crippen LogP contribution is 2.15. The van der Waals surface area contributed by atoms with Crippen molar-refractivity contribution < 1.29 is 4.74 Å². The third-order valence-corrected chi connectivity index (χ3v) is 2.23. The Morgan fingerprint density at radius 3 is 2.38 bits per heavy atom. The maximum atomic E-state index is 5.55. The summed E-state index contributed by atoms with van der Waals surface area (Å²) in [6.07, 6.45) is 0.833. The third kappa shape index (κ3) is 7.08. The summed E-state index contributed by atoms with van der Waals surface area (Å²) in [6.45, 7) is 9.00. The first-order valence-electron chi connectivity index (χ1n) is 4.54. The molecule has 0 heterocycles. The average molecular weight is 250 g/mol. The van der Waals surface area contributed by atoms with E-state index in [0.29, 0.717) is 5.92 Å². The molecule has 0 rings (SSSR count). The quantitative estimate of drug-likeness (QED) is 0.672. The third-order valence-electron chi connectivity index (χ3n) is 1.64. The summed E-state index contributed by atoms with van der Waals surface area (Å²) in [6, 6.07) is 0. The number of halogens is 1. The zero-order valence-electron chi connectivity index (χ0n) is 9.01. The molecule has 0 aliphatic heterocycles. The molecule has 0 radical (unpaired) electrons. The largest absolute Gasteiger partial charge is 0.381 e. The fraction of sp³-hybridized carbons (Fsp3) is 0.800. The maximum absolute atomic E-state index is 5.55. The molecule has 13 heavy (non-hydrogen) atoms. The highest BCUT2D eigenvalue weighted by atomic mass is 79.9. The van der Waals surface area contributed by atoms with Gasteiger partial charge in [-0.05, 0) is 5.92 Å². The molecular weight excluding hydrogens is 230 g/mol. The Morgan fingerprint density at radius 1 is 1.46 bits per heavy atom. The Labute approximate surface area is 90.1 Å². The van der Waals surface area contributed by atoms with Crippen molar-refractivity contribution in [1.29, 1.82) is 0 Å². The molecule has 0 aliphatic carbocycles. The molecule has 0 bridgehead atoms. The van der Waals surface area contributed by atoms with Gasteiger partial charge in [0.1, 0.15) is 5.01 Å². The van der Waals surface area contributed by atoms with E-state index in [1.54, 1.807) is 0 Å². The molecule has 1 atom stereocenters. The maximum Gasteiger partial charge on any atom is 0.117 e. The average Bonchev–Trinajstić information content (AvgIpc) is 2.00. The van der Waals surface area contributed by atoms with Crippen molar-refractivity contribution in [2.24, 2.45) is 5.92 Å². The number of nitrogens with zero attached hydrogens (tertiary/aromatic N) is 1. The van der Waals surface area contributed by atoms with Gasteiger partial charge >= 0.3 is 0 Å². The molecule has 3 heteroatoms. The van der Waals surface area contributed by atoms with Gasteiger partial charge in [0, 0.05) is 26.2 Å². The summed E-state index contributed by atoms with van der Waals surface area (Å²) >= 11 is 3.47. The minimum absolute atomic E-state index is 0.0878. The van der Waals surface area contributed by atoms with Crippen LogP contribution in [0.3, 0.4) is 0 Å². The van der Waals surface area contributed by atoms with E-state index >= 15 is 0 Å². The summed E-state index contributed by atoms with van der Waals surface area (Å²) in [7, 11) is 3.98. The van der Waals surface area contributed by atoms with E-state index in [-0.39, 0.29) is 5.01 Å². The molecule has 0 aliphatic rings. The topological polar surface area (TPSA) is 12.5 Å². The van der Waals surface area contributed by atoms with Crippen LogP contribution in [0.1, 0.15) is 20.3 Å². The first-order chi connectivity index (χ1) is 5.93. The summed E-state index contributed by atoms with van der Waals surface area (Å²) in [5.74, 6) is 0.577. The molecule has 0 fully saturated rings. The van der Waals surface area contributed by atoms with Crippen molar-refractivity contribution >= 4 is 15.9 Å². The van der Waals surface area contributed by atoms with Gasteiger partial charge in [-0.1, -0.05) is 36.4 Å². The van der Waals surface area contributed by atoms with E-state index in [0.717, 1.165) is 18.7 Å². The number of rotatable bonds is 6. The zero-order valence-corrected chi connectivity index (χ0v) is 10.6. The van der Waals surface area contributed by atoms with Gasteiger partial charge in [-0.3, -0.25) is 0 Å². The monoisotopic (exact) mass is 249 g/mol. The Morgan fingerprint density at radius 2 is 2.00 bits per heavy atom. The van der Waals surface area contributed by atoms with Gasteiger partial charge in [0.15, 0.2) is 0 Å². The molecule has 2 nitrogen and oxygen atoms in total. The predicted octanol–water partition coefficient (Wildman–Crippen LogP) is 2.85. The number of hydrogen-bond acceptors (Lipinski definition) is 2. The van der Waals surface area contributed by atoms with Crippen LogP contribution in [0.2, 0.25) is 0 Å². The van der Waals surface area contributed by atoms with Crippen molar-refractivity contribution in [3.05, 3.63) is 12.3 Å². The van der Waals surface area contributed by atoms with Gasteiger partial charge in [-0.25, -0.2) is 0 Å². The second-order valence-electron chi connectivity index (χ2n) is 3.80. The van der Waals surface area contributed by atoms with E-state index in [1.165, 1.54) is 0 Å². The Bertz CT molecular complexity index is 157. The van der Waals surface area contributed by atoms with Crippen molar-refractivity contribution in [2.45, 2.75) is 25.3 Å². The van der Waals surface area contributed by atoms with E-state index in [4.69, 9.17) is 4.74 Å². The minimum Gasteiger partial charge on any atom is -0.381 e. The molecule has 0 N–H and O–H groups in total. The molecule has 0 aromatic heterocycles. The van der Waals surface area contributed by atoms with Crippen LogP contribution >= 0.6 is 15.9 Å². The zero-order chi connectivity index (χ0) is 10.4. The van der Waals surface area contributed by atoms with Crippen LogP contribution in [0.5, 0.6) is 0 Å². The predicted molar refractivity (Wildman–Crippen MR) is 60.9 cm³/mol. The number of alkyl halides is 1. The Hall–Kier alpha value is -0.0200. The summed E-state index contributed by atoms with van der Waals surface area (Å²) < 4.78 is 5.55. The molecule has 78 valence electrons. The van der Waals surface area contributed by atoms with Crippen molar-refractivity contribution in [3.8, 4) is 0 Å². The molecular formula is C10H20BrNO. The van der Waals surface area contributed by atoms with Crippen LogP contribution in [0, 0.1) is 5.92 Å². The SMILES string of the molecule is C=C(CC(Br)OCC(C)C)N(C)C. The van der Waals surface area contributed by atoms with Crippen LogP contribution in [-0.2, 0) is 4.74 Å². The summed E-state index contributed by atoms with van der Waals surface area (Å²) in [4.78, 5) is 2.01. The van der Waals surface area contributed by atoms with Gasteiger partial charge in [0.25, 0.3) is 0 Å². The van der Waals surface area contributed by atoms with Gasteiger partial charge in [-0.15, -0.1) is 0 Å². The van der Waals surface area contributed by atoms with Crippen LogP contribution < -0.4 is 0 Å². The number of hydrogen-bond donors (Lipinski definition) is 0. The second-order valence-corrected chi connectivity index (χ2v) is 4.82. The van der Waals surface area contributed by atoms with Crippen LogP contribution in [0.25, 0.3) is 0 Å². The van der Waals surface area contributed by atoms with Crippen LogP contribution in [-0.4, -0.2) is 30.6 Å². The van der Waals surface area contributed by atoms with Crippen molar-refractivity contribution in [2.75, 3.05) is 20.7 Å².